The maximum Gasteiger partial charge on any atom is 0.00886 e. The van der Waals surface area contributed by atoms with E-state index in [0.29, 0.717) is 0 Å². The van der Waals surface area contributed by atoms with Gasteiger partial charge in [-0.2, -0.15) is 0 Å². The standard InChI is InChI=1S/C21H38/c1-4-6-8-10-12-13-14-16-18-20-21(3)19-17-15-11-9-7-5-2/h21H,1-2,4-11,14-20H2,3H3. The van der Waals surface area contributed by atoms with Gasteiger partial charge in [-0.15, -0.1) is 11.8 Å². The third kappa shape index (κ3) is 17.5. The van der Waals surface area contributed by atoms with Crippen LogP contribution >= 0.6 is 0 Å². The first-order valence-electron chi connectivity index (χ1n) is 9.35. The Morgan fingerprint density at radius 2 is 1.05 bits per heavy atom. The molecule has 122 valence electrons. The van der Waals surface area contributed by atoms with Gasteiger partial charge in [-0.1, -0.05) is 91.4 Å². The molecule has 0 spiro atoms. The molecule has 2 radical (unpaired) electrons. The first-order valence-corrected chi connectivity index (χ1v) is 9.35. The van der Waals surface area contributed by atoms with Crippen LogP contribution in [0.1, 0.15) is 103 Å². The van der Waals surface area contributed by atoms with E-state index in [1.54, 1.807) is 0 Å². The van der Waals surface area contributed by atoms with E-state index in [0.717, 1.165) is 31.6 Å². The van der Waals surface area contributed by atoms with Gasteiger partial charge in [0.1, 0.15) is 0 Å². The molecular formula is C21H38. The van der Waals surface area contributed by atoms with Crippen molar-refractivity contribution in [2.24, 2.45) is 5.92 Å². The molecule has 1 unspecified atom stereocenters. The Hall–Kier alpha value is -0.440. The van der Waals surface area contributed by atoms with Crippen LogP contribution in [0.5, 0.6) is 0 Å². The molecular weight excluding hydrogens is 252 g/mol. The summed E-state index contributed by atoms with van der Waals surface area (Å²) >= 11 is 0. The van der Waals surface area contributed by atoms with Crippen molar-refractivity contribution in [3.05, 3.63) is 13.8 Å². The summed E-state index contributed by atoms with van der Waals surface area (Å²) < 4.78 is 0. The van der Waals surface area contributed by atoms with Crippen molar-refractivity contribution in [2.45, 2.75) is 103 Å². The Morgan fingerprint density at radius 1 is 0.619 bits per heavy atom. The SMILES string of the molecule is [CH2]CCCCC#CCCCCC(C)CCCCCCC[CH2]. The van der Waals surface area contributed by atoms with Crippen molar-refractivity contribution in [2.75, 3.05) is 0 Å². The molecule has 0 fully saturated rings. The fourth-order valence-corrected chi connectivity index (χ4v) is 2.62. The number of rotatable bonds is 14. The summed E-state index contributed by atoms with van der Waals surface area (Å²) in [4.78, 5) is 0. The second-order valence-corrected chi connectivity index (χ2v) is 6.43. The van der Waals surface area contributed by atoms with E-state index in [9.17, 15) is 0 Å². The summed E-state index contributed by atoms with van der Waals surface area (Å²) in [5.74, 6) is 7.50. The lowest BCUT2D eigenvalue weighted by atomic mass is 9.96. The molecule has 0 heterocycles. The van der Waals surface area contributed by atoms with Crippen LogP contribution in [0.15, 0.2) is 0 Å². The second kappa shape index (κ2) is 17.6. The Kier molecular flexibility index (Phi) is 17.2. The van der Waals surface area contributed by atoms with Gasteiger partial charge in [-0.25, -0.2) is 0 Å². The quantitative estimate of drug-likeness (QED) is 0.235. The fourth-order valence-electron chi connectivity index (χ4n) is 2.62. The molecule has 0 N–H and O–H groups in total. The van der Waals surface area contributed by atoms with E-state index in [1.165, 1.54) is 70.6 Å². The topological polar surface area (TPSA) is 0 Å². The zero-order chi connectivity index (χ0) is 15.6. The average Bonchev–Trinajstić information content (AvgIpc) is 2.49. The van der Waals surface area contributed by atoms with Gasteiger partial charge in [0.15, 0.2) is 0 Å². The molecule has 0 heteroatoms. The maximum absolute atomic E-state index is 3.89. The first kappa shape index (κ1) is 20.6. The van der Waals surface area contributed by atoms with Crippen molar-refractivity contribution in [1.29, 1.82) is 0 Å². The second-order valence-electron chi connectivity index (χ2n) is 6.43. The summed E-state index contributed by atoms with van der Waals surface area (Å²) in [6.07, 6.45) is 19.2. The minimum Gasteiger partial charge on any atom is -0.103 e. The zero-order valence-electron chi connectivity index (χ0n) is 14.6. The van der Waals surface area contributed by atoms with Crippen molar-refractivity contribution in [3.8, 4) is 11.8 Å². The smallest absolute Gasteiger partial charge is 0.00886 e. The Bertz CT molecular complexity index is 242. The third-order valence-corrected chi connectivity index (χ3v) is 4.12. The predicted octanol–water partition coefficient (Wildman–Crippen LogP) is 7.15. The normalized spacial score (nSPS) is 12.0. The molecule has 0 saturated heterocycles. The maximum atomic E-state index is 3.89. The van der Waals surface area contributed by atoms with Crippen LogP contribution < -0.4 is 0 Å². The molecule has 0 saturated carbocycles. The Labute approximate surface area is 135 Å². The van der Waals surface area contributed by atoms with Crippen LogP contribution in [0, 0.1) is 31.6 Å². The minimum atomic E-state index is 0.905. The van der Waals surface area contributed by atoms with Gasteiger partial charge in [0.25, 0.3) is 0 Å². The van der Waals surface area contributed by atoms with Crippen LogP contribution in [0.2, 0.25) is 0 Å². The third-order valence-electron chi connectivity index (χ3n) is 4.12. The average molecular weight is 291 g/mol. The van der Waals surface area contributed by atoms with Crippen LogP contribution in [-0.2, 0) is 0 Å². The van der Waals surface area contributed by atoms with Crippen LogP contribution in [0.25, 0.3) is 0 Å². The molecule has 0 aromatic heterocycles. The number of hydrogen-bond donors (Lipinski definition) is 0. The summed E-state index contributed by atoms with van der Waals surface area (Å²) in [7, 11) is 0. The highest BCUT2D eigenvalue weighted by molar-refractivity contribution is 4.98. The van der Waals surface area contributed by atoms with Crippen LogP contribution in [0.3, 0.4) is 0 Å². The summed E-state index contributed by atoms with van der Waals surface area (Å²) in [6, 6.07) is 0. The number of hydrogen-bond acceptors (Lipinski definition) is 0. The lowest BCUT2D eigenvalue weighted by molar-refractivity contribution is 0.439. The molecule has 0 aliphatic rings. The van der Waals surface area contributed by atoms with Crippen LogP contribution in [-0.4, -0.2) is 0 Å². The first-order chi connectivity index (χ1) is 10.3. The summed E-state index contributed by atoms with van der Waals surface area (Å²) in [5.41, 5.74) is 0. The highest BCUT2D eigenvalue weighted by atomic mass is 14.1. The van der Waals surface area contributed by atoms with E-state index in [2.05, 4.69) is 32.6 Å². The van der Waals surface area contributed by atoms with Gasteiger partial charge >= 0.3 is 0 Å². The van der Waals surface area contributed by atoms with Crippen molar-refractivity contribution < 1.29 is 0 Å². The van der Waals surface area contributed by atoms with E-state index in [1.807, 2.05) is 0 Å². The van der Waals surface area contributed by atoms with Gasteiger partial charge in [-0.3, -0.25) is 0 Å². The van der Waals surface area contributed by atoms with E-state index >= 15 is 0 Å². The lowest BCUT2D eigenvalue weighted by Gasteiger charge is -2.10. The molecule has 0 bridgehead atoms. The van der Waals surface area contributed by atoms with Crippen LogP contribution in [0.4, 0.5) is 0 Å². The molecule has 21 heavy (non-hydrogen) atoms. The molecule has 0 rings (SSSR count). The van der Waals surface area contributed by atoms with Gasteiger partial charge in [-0.05, 0) is 18.8 Å². The van der Waals surface area contributed by atoms with Crippen molar-refractivity contribution >= 4 is 0 Å². The molecule has 0 nitrogen and oxygen atoms in total. The van der Waals surface area contributed by atoms with E-state index in [-0.39, 0.29) is 0 Å². The summed E-state index contributed by atoms with van der Waals surface area (Å²) in [5, 5.41) is 0. The van der Waals surface area contributed by atoms with Crippen molar-refractivity contribution in [3.63, 3.8) is 0 Å². The van der Waals surface area contributed by atoms with Gasteiger partial charge < -0.3 is 0 Å². The Morgan fingerprint density at radius 3 is 1.67 bits per heavy atom. The number of unbranched alkanes of at least 4 members (excludes halogenated alkanes) is 10. The molecule has 0 aromatic carbocycles. The molecule has 0 aliphatic heterocycles. The molecule has 1 atom stereocenters. The lowest BCUT2D eigenvalue weighted by Crippen LogP contribution is -1.95. The van der Waals surface area contributed by atoms with Gasteiger partial charge in [0.2, 0.25) is 0 Å². The van der Waals surface area contributed by atoms with Crippen molar-refractivity contribution in [1.82, 2.24) is 0 Å². The highest BCUT2D eigenvalue weighted by Crippen LogP contribution is 2.17. The Balaban J connectivity index is 3.24. The monoisotopic (exact) mass is 290 g/mol. The minimum absolute atomic E-state index is 0.905. The fraction of sp³-hybridized carbons (Fsp3) is 0.810. The summed E-state index contributed by atoms with van der Waals surface area (Å²) in [6.45, 7) is 10.2. The predicted molar refractivity (Wildman–Crippen MR) is 96.9 cm³/mol. The van der Waals surface area contributed by atoms with Gasteiger partial charge in [0.05, 0.1) is 0 Å². The highest BCUT2D eigenvalue weighted by Gasteiger charge is 2.01. The molecule has 0 amide bonds. The largest absolute Gasteiger partial charge is 0.103 e. The van der Waals surface area contributed by atoms with E-state index < -0.39 is 0 Å². The zero-order valence-corrected chi connectivity index (χ0v) is 14.6. The molecule has 0 aromatic rings. The molecule has 0 aliphatic carbocycles. The van der Waals surface area contributed by atoms with E-state index in [4.69, 9.17) is 0 Å². The van der Waals surface area contributed by atoms with Gasteiger partial charge in [0, 0.05) is 12.8 Å².